The summed E-state index contributed by atoms with van der Waals surface area (Å²) in [4.78, 5) is 2.32. The molecule has 0 bridgehead atoms. The van der Waals surface area contributed by atoms with Gasteiger partial charge in [-0.25, -0.2) is 0 Å². The van der Waals surface area contributed by atoms with E-state index in [0.717, 1.165) is 44.4 Å². The molecular formula is C34H21NOS. The number of hydrogen-bond acceptors (Lipinski definition) is 3. The molecule has 0 amide bonds. The summed E-state index contributed by atoms with van der Waals surface area (Å²) in [6.45, 7) is 0. The fourth-order valence-electron chi connectivity index (χ4n) is 5.54. The molecule has 0 fully saturated rings. The highest BCUT2D eigenvalue weighted by molar-refractivity contribution is 7.25. The predicted octanol–water partition coefficient (Wildman–Crippen LogP) is 10.6. The SMILES string of the molecule is c1ccc(N(c2ccc3sc4ccccc4c3c2)c2cccc3c2oc2c4ccccc4ccc32)cc1. The predicted molar refractivity (Wildman–Crippen MR) is 159 cm³/mol. The third-order valence-electron chi connectivity index (χ3n) is 7.24. The highest BCUT2D eigenvalue weighted by Gasteiger charge is 2.20. The fraction of sp³-hybridized carbons (Fsp3) is 0. The molecule has 0 aliphatic carbocycles. The molecule has 0 aliphatic rings. The summed E-state index contributed by atoms with van der Waals surface area (Å²) < 4.78 is 9.33. The van der Waals surface area contributed by atoms with Gasteiger partial charge < -0.3 is 9.32 Å². The van der Waals surface area contributed by atoms with Crippen molar-refractivity contribution in [1.82, 2.24) is 0 Å². The highest BCUT2D eigenvalue weighted by atomic mass is 32.1. The van der Waals surface area contributed by atoms with Crippen LogP contribution in [0.4, 0.5) is 17.1 Å². The molecule has 37 heavy (non-hydrogen) atoms. The van der Waals surface area contributed by atoms with Gasteiger partial charge >= 0.3 is 0 Å². The number of furan rings is 1. The maximum atomic E-state index is 6.72. The van der Waals surface area contributed by atoms with Gasteiger partial charge in [-0.15, -0.1) is 11.3 Å². The number of benzene rings is 6. The number of hydrogen-bond donors (Lipinski definition) is 0. The Labute approximate surface area is 217 Å². The van der Waals surface area contributed by atoms with Crippen molar-refractivity contribution in [3.8, 4) is 0 Å². The fourth-order valence-corrected chi connectivity index (χ4v) is 6.63. The zero-order chi connectivity index (χ0) is 24.3. The van der Waals surface area contributed by atoms with Crippen LogP contribution in [0.25, 0.3) is 52.9 Å². The molecule has 0 aliphatic heterocycles. The number of nitrogens with zero attached hydrogens (tertiary/aromatic N) is 1. The smallest absolute Gasteiger partial charge is 0.159 e. The first kappa shape index (κ1) is 20.6. The molecule has 0 N–H and O–H groups in total. The van der Waals surface area contributed by atoms with Crippen molar-refractivity contribution in [2.45, 2.75) is 0 Å². The largest absolute Gasteiger partial charge is 0.453 e. The number of fused-ring (bicyclic) bond motifs is 8. The Kier molecular flexibility index (Phi) is 4.42. The summed E-state index contributed by atoms with van der Waals surface area (Å²) in [5, 5.41) is 7.17. The topological polar surface area (TPSA) is 16.4 Å². The van der Waals surface area contributed by atoms with Gasteiger partial charge in [0.1, 0.15) is 5.58 Å². The molecule has 6 aromatic carbocycles. The van der Waals surface area contributed by atoms with Gasteiger partial charge in [0.25, 0.3) is 0 Å². The Bertz CT molecular complexity index is 2100. The Morgan fingerprint density at radius 2 is 1.19 bits per heavy atom. The van der Waals surface area contributed by atoms with Gasteiger partial charge in [-0.05, 0) is 53.9 Å². The van der Waals surface area contributed by atoms with Gasteiger partial charge in [0.15, 0.2) is 5.58 Å². The first-order valence-electron chi connectivity index (χ1n) is 12.4. The molecule has 8 rings (SSSR count). The van der Waals surface area contributed by atoms with E-state index in [0.29, 0.717) is 0 Å². The van der Waals surface area contributed by atoms with Crippen LogP contribution in [0, 0.1) is 0 Å². The Hall–Kier alpha value is -4.60. The van der Waals surface area contributed by atoms with E-state index in [4.69, 9.17) is 4.42 Å². The Morgan fingerprint density at radius 3 is 2.11 bits per heavy atom. The van der Waals surface area contributed by atoms with Crippen LogP contribution in [-0.2, 0) is 0 Å². The molecule has 0 spiro atoms. The third kappa shape index (κ3) is 3.11. The molecule has 0 radical (unpaired) electrons. The zero-order valence-corrected chi connectivity index (χ0v) is 20.7. The van der Waals surface area contributed by atoms with Crippen LogP contribution in [-0.4, -0.2) is 0 Å². The lowest BCUT2D eigenvalue weighted by atomic mass is 10.1. The van der Waals surface area contributed by atoms with E-state index in [2.05, 4.69) is 132 Å². The van der Waals surface area contributed by atoms with Crippen molar-refractivity contribution in [1.29, 1.82) is 0 Å². The molecule has 8 aromatic rings. The summed E-state index contributed by atoms with van der Waals surface area (Å²) in [5.74, 6) is 0. The van der Waals surface area contributed by atoms with Crippen molar-refractivity contribution in [2.24, 2.45) is 0 Å². The van der Waals surface area contributed by atoms with Crippen LogP contribution in [0.1, 0.15) is 0 Å². The van der Waals surface area contributed by atoms with Crippen molar-refractivity contribution in [2.75, 3.05) is 4.90 Å². The Balaban J connectivity index is 1.43. The number of thiophene rings is 1. The summed E-state index contributed by atoms with van der Waals surface area (Å²) >= 11 is 1.84. The van der Waals surface area contributed by atoms with Crippen LogP contribution in [0.2, 0.25) is 0 Å². The van der Waals surface area contributed by atoms with Gasteiger partial charge in [-0.1, -0.05) is 78.9 Å². The third-order valence-corrected chi connectivity index (χ3v) is 8.39. The molecule has 2 aromatic heterocycles. The lowest BCUT2D eigenvalue weighted by Gasteiger charge is -2.25. The van der Waals surface area contributed by atoms with E-state index in [9.17, 15) is 0 Å². The number of anilines is 3. The van der Waals surface area contributed by atoms with E-state index < -0.39 is 0 Å². The summed E-state index contributed by atoms with van der Waals surface area (Å²) in [7, 11) is 0. The van der Waals surface area contributed by atoms with E-state index in [1.54, 1.807) is 0 Å². The normalized spacial score (nSPS) is 11.8. The first-order chi connectivity index (χ1) is 18.3. The van der Waals surface area contributed by atoms with Gasteiger partial charge in [0, 0.05) is 47.7 Å². The second-order valence-electron chi connectivity index (χ2n) is 9.37. The highest BCUT2D eigenvalue weighted by Crippen LogP contribution is 2.45. The van der Waals surface area contributed by atoms with E-state index in [-0.39, 0.29) is 0 Å². The van der Waals surface area contributed by atoms with Crippen LogP contribution in [0.3, 0.4) is 0 Å². The average molecular weight is 492 g/mol. The maximum Gasteiger partial charge on any atom is 0.159 e. The quantitative estimate of drug-likeness (QED) is 0.244. The van der Waals surface area contributed by atoms with E-state index in [1.165, 1.54) is 25.6 Å². The molecule has 2 heterocycles. The van der Waals surface area contributed by atoms with E-state index in [1.807, 2.05) is 11.3 Å². The van der Waals surface area contributed by atoms with Crippen molar-refractivity contribution >= 4 is 81.3 Å². The lowest BCUT2D eigenvalue weighted by molar-refractivity contribution is 0.673. The van der Waals surface area contributed by atoms with Crippen molar-refractivity contribution in [3.05, 3.63) is 127 Å². The van der Waals surface area contributed by atoms with Crippen LogP contribution in [0.5, 0.6) is 0 Å². The first-order valence-corrected chi connectivity index (χ1v) is 13.3. The second kappa shape index (κ2) is 7.95. The monoisotopic (exact) mass is 491 g/mol. The minimum Gasteiger partial charge on any atom is -0.453 e. The number of rotatable bonds is 3. The van der Waals surface area contributed by atoms with Gasteiger partial charge in [-0.3, -0.25) is 0 Å². The van der Waals surface area contributed by atoms with Gasteiger partial charge in [0.05, 0.1) is 5.69 Å². The standard InChI is InChI=1S/C34H21NOS/c1-2-10-23(11-3-1)35(24-18-20-32-29(21-24)26-13-6-7-16-31(26)37-32)30-15-8-14-27-28-19-17-22-9-4-5-12-25(22)33(28)36-34(27)30/h1-21H. The minimum atomic E-state index is 0.896. The van der Waals surface area contributed by atoms with Crippen LogP contribution < -0.4 is 4.90 Å². The van der Waals surface area contributed by atoms with Crippen molar-refractivity contribution < 1.29 is 4.42 Å². The molecule has 174 valence electrons. The molecule has 0 unspecified atom stereocenters. The minimum absolute atomic E-state index is 0.896. The summed E-state index contributed by atoms with van der Waals surface area (Å²) in [6, 6.07) is 45.3. The molecule has 2 nitrogen and oxygen atoms in total. The second-order valence-corrected chi connectivity index (χ2v) is 10.5. The average Bonchev–Trinajstić information content (AvgIpc) is 3.53. The zero-order valence-electron chi connectivity index (χ0n) is 19.9. The Morgan fingerprint density at radius 1 is 0.459 bits per heavy atom. The van der Waals surface area contributed by atoms with Gasteiger partial charge in [0.2, 0.25) is 0 Å². The van der Waals surface area contributed by atoms with E-state index >= 15 is 0 Å². The molecule has 0 atom stereocenters. The summed E-state index contributed by atoms with van der Waals surface area (Å²) in [5.41, 5.74) is 5.07. The molecule has 0 saturated heterocycles. The van der Waals surface area contributed by atoms with Gasteiger partial charge in [-0.2, -0.15) is 0 Å². The summed E-state index contributed by atoms with van der Waals surface area (Å²) in [6.07, 6.45) is 0. The maximum absolute atomic E-state index is 6.72. The lowest BCUT2D eigenvalue weighted by Crippen LogP contribution is -2.09. The van der Waals surface area contributed by atoms with Crippen molar-refractivity contribution in [3.63, 3.8) is 0 Å². The molecule has 3 heteroatoms. The number of para-hydroxylation sites is 2. The van der Waals surface area contributed by atoms with Crippen LogP contribution in [0.15, 0.2) is 132 Å². The molecule has 0 saturated carbocycles. The van der Waals surface area contributed by atoms with Crippen LogP contribution >= 0.6 is 11.3 Å². The molecular weight excluding hydrogens is 470 g/mol.